The number of anilines is 1. The molecule has 0 radical (unpaired) electrons. The van der Waals surface area contributed by atoms with Crippen LogP contribution >= 0.6 is 15.9 Å². The second kappa shape index (κ2) is 5.24. The molecule has 0 saturated heterocycles. The highest BCUT2D eigenvalue weighted by atomic mass is 79.9. The minimum atomic E-state index is -0.546. The van der Waals surface area contributed by atoms with Crippen molar-refractivity contribution in [3.05, 3.63) is 51.6 Å². The van der Waals surface area contributed by atoms with Crippen LogP contribution in [0.1, 0.15) is 21.7 Å². The second-order valence-electron chi connectivity index (χ2n) is 3.80. The van der Waals surface area contributed by atoms with E-state index in [9.17, 15) is 9.18 Å². The molecule has 1 N–H and O–H groups in total. The van der Waals surface area contributed by atoms with E-state index in [0.717, 1.165) is 6.07 Å². The molecule has 2 rings (SSSR count). The van der Waals surface area contributed by atoms with Gasteiger partial charge in [-0.05, 0) is 47.1 Å². The van der Waals surface area contributed by atoms with Gasteiger partial charge in [-0.25, -0.2) is 4.39 Å². The summed E-state index contributed by atoms with van der Waals surface area (Å²) in [7, 11) is 0. The van der Waals surface area contributed by atoms with Crippen LogP contribution in [-0.4, -0.2) is 5.91 Å². The van der Waals surface area contributed by atoms with Gasteiger partial charge in [0.05, 0.1) is 11.6 Å². The summed E-state index contributed by atoms with van der Waals surface area (Å²) in [5.74, 6) is -0.965. The Kier molecular flexibility index (Phi) is 3.67. The Hall–Kier alpha value is -2.13. The van der Waals surface area contributed by atoms with Crippen molar-refractivity contribution in [2.45, 2.75) is 6.92 Å². The number of carbonyl (C=O) groups excluding carboxylic acids is 1. The summed E-state index contributed by atoms with van der Waals surface area (Å²) in [4.78, 5) is 11.9. The number of hydrogen-bond donors (Lipinski definition) is 1. The molecule has 0 bridgehead atoms. The highest BCUT2D eigenvalue weighted by molar-refractivity contribution is 9.10. The van der Waals surface area contributed by atoms with Crippen molar-refractivity contribution >= 4 is 27.5 Å². The molecule has 2 aromatic rings. The lowest BCUT2D eigenvalue weighted by atomic mass is 10.1. The first-order valence-electron chi connectivity index (χ1n) is 5.28. The minimum Gasteiger partial charge on any atom is -0.444 e. The fourth-order valence-electron chi connectivity index (χ4n) is 1.49. The zero-order chi connectivity index (χ0) is 14.0. The van der Waals surface area contributed by atoms with E-state index >= 15 is 0 Å². The first-order valence-corrected chi connectivity index (χ1v) is 6.07. The molecule has 0 unspecified atom stereocenters. The third kappa shape index (κ3) is 2.83. The van der Waals surface area contributed by atoms with Gasteiger partial charge < -0.3 is 9.73 Å². The number of benzene rings is 1. The van der Waals surface area contributed by atoms with Crippen molar-refractivity contribution in [2.24, 2.45) is 0 Å². The van der Waals surface area contributed by atoms with Crippen LogP contribution in [0.3, 0.4) is 0 Å². The van der Waals surface area contributed by atoms with Crippen LogP contribution in [0, 0.1) is 24.1 Å². The molecule has 0 spiro atoms. The lowest BCUT2D eigenvalue weighted by Crippen LogP contribution is -2.12. The minimum absolute atomic E-state index is 0.0917. The van der Waals surface area contributed by atoms with E-state index in [-0.39, 0.29) is 22.6 Å². The SMILES string of the molecule is Cc1c(F)cc(C#N)cc1NC(=O)c1ccc(Br)o1. The largest absolute Gasteiger partial charge is 0.444 e. The fourth-order valence-corrected chi connectivity index (χ4v) is 1.80. The normalized spacial score (nSPS) is 10.0. The zero-order valence-corrected chi connectivity index (χ0v) is 11.4. The van der Waals surface area contributed by atoms with Gasteiger partial charge in [-0.1, -0.05) is 0 Å². The Morgan fingerprint density at radius 2 is 2.21 bits per heavy atom. The van der Waals surface area contributed by atoms with E-state index in [1.165, 1.54) is 19.1 Å². The Labute approximate surface area is 117 Å². The second-order valence-corrected chi connectivity index (χ2v) is 4.58. The Morgan fingerprint density at radius 1 is 1.47 bits per heavy atom. The molecule has 6 heteroatoms. The van der Waals surface area contributed by atoms with Gasteiger partial charge in [0.25, 0.3) is 5.91 Å². The number of hydrogen-bond acceptors (Lipinski definition) is 3. The monoisotopic (exact) mass is 322 g/mol. The van der Waals surface area contributed by atoms with Crippen LogP contribution in [0.25, 0.3) is 0 Å². The summed E-state index contributed by atoms with van der Waals surface area (Å²) < 4.78 is 19.1. The Balaban J connectivity index is 2.31. The molecule has 0 fully saturated rings. The van der Waals surface area contributed by atoms with Gasteiger partial charge in [0, 0.05) is 11.3 Å². The van der Waals surface area contributed by atoms with Gasteiger partial charge in [0.2, 0.25) is 0 Å². The maximum Gasteiger partial charge on any atom is 0.291 e. The lowest BCUT2D eigenvalue weighted by molar-refractivity contribution is 0.0995. The van der Waals surface area contributed by atoms with Crippen molar-refractivity contribution in [1.82, 2.24) is 0 Å². The molecule has 0 atom stereocenters. The van der Waals surface area contributed by atoms with E-state index in [0.29, 0.717) is 4.67 Å². The first-order chi connectivity index (χ1) is 9.01. The van der Waals surface area contributed by atoms with Gasteiger partial charge in [-0.3, -0.25) is 4.79 Å². The molecular formula is C13H8BrFN2O2. The molecule has 0 aliphatic rings. The quantitative estimate of drug-likeness (QED) is 0.918. The molecule has 0 saturated carbocycles. The molecule has 96 valence electrons. The topological polar surface area (TPSA) is 66.0 Å². The number of rotatable bonds is 2. The molecule has 0 aliphatic heterocycles. The van der Waals surface area contributed by atoms with E-state index in [1.807, 2.05) is 6.07 Å². The van der Waals surface area contributed by atoms with Gasteiger partial charge in [-0.2, -0.15) is 5.26 Å². The van der Waals surface area contributed by atoms with Crippen molar-refractivity contribution < 1.29 is 13.6 Å². The first kappa shape index (κ1) is 13.3. The predicted octanol–water partition coefficient (Wildman–Crippen LogP) is 3.61. The summed E-state index contributed by atoms with van der Waals surface area (Å²) in [6.45, 7) is 1.52. The van der Waals surface area contributed by atoms with E-state index in [4.69, 9.17) is 9.68 Å². The molecule has 1 amide bonds. The summed E-state index contributed by atoms with van der Waals surface area (Å²) in [6.07, 6.45) is 0. The van der Waals surface area contributed by atoms with Gasteiger partial charge in [0.15, 0.2) is 10.4 Å². The number of amides is 1. The molecular weight excluding hydrogens is 315 g/mol. The molecule has 1 aromatic carbocycles. The number of nitriles is 1. The average Bonchev–Trinajstić information content (AvgIpc) is 2.81. The maximum absolute atomic E-state index is 13.6. The summed E-state index contributed by atoms with van der Waals surface area (Å²) in [5.41, 5.74) is 0.645. The smallest absolute Gasteiger partial charge is 0.291 e. The zero-order valence-electron chi connectivity index (χ0n) is 9.83. The number of halogens is 2. The number of nitrogens with zero attached hydrogens (tertiary/aromatic N) is 1. The molecule has 1 aromatic heterocycles. The average molecular weight is 323 g/mol. The van der Waals surface area contributed by atoms with Crippen LogP contribution < -0.4 is 5.32 Å². The summed E-state index contributed by atoms with van der Waals surface area (Å²) >= 11 is 3.09. The van der Waals surface area contributed by atoms with Gasteiger partial charge in [-0.15, -0.1) is 0 Å². The van der Waals surface area contributed by atoms with E-state index in [1.54, 1.807) is 6.07 Å². The van der Waals surface area contributed by atoms with Crippen LogP contribution in [0.5, 0.6) is 0 Å². The van der Waals surface area contributed by atoms with Crippen LogP contribution in [-0.2, 0) is 0 Å². The Bertz CT molecular complexity index is 688. The lowest BCUT2D eigenvalue weighted by Gasteiger charge is -2.08. The van der Waals surface area contributed by atoms with Crippen LogP contribution in [0.4, 0.5) is 10.1 Å². The molecule has 1 heterocycles. The third-order valence-electron chi connectivity index (χ3n) is 2.52. The van der Waals surface area contributed by atoms with Crippen molar-refractivity contribution in [3.63, 3.8) is 0 Å². The number of nitrogens with one attached hydrogen (secondary N) is 1. The van der Waals surface area contributed by atoms with Gasteiger partial charge in [0.1, 0.15) is 5.82 Å². The third-order valence-corrected chi connectivity index (χ3v) is 2.94. The van der Waals surface area contributed by atoms with Crippen molar-refractivity contribution in [2.75, 3.05) is 5.32 Å². The molecule has 4 nitrogen and oxygen atoms in total. The van der Waals surface area contributed by atoms with Crippen LogP contribution in [0.2, 0.25) is 0 Å². The predicted molar refractivity (Wildman–Crippen MR) is 70.2 cm³/mol. The van der Waals surface area contributed by atoms with Crippen LogP contribution in [0.15, 0.2) is 33.4 Å². The number of carbonyl (C=O) groups is 1. The van der Waals surface area contributed by atoms with Gasteiger partial charge >= 0.3 is 0 Å². The summed E-state index contributed by atoms with van der Waals surface area (Å²) in [6, 6.07) is 7.42. The molecule has 19 heavy (non-hydrogen) atoms. The van der Waals surface area contributed by atoms with E-state index in [2.05, 4.69) is 21.2 Å². The Morgan fingerprint density at radius 3 is 2.79 bits per heavy atom. The summed E-state index contributed by atoms with van der Waals surface area (Å²) in [5, 5.41) is 11.3. The number of furan rings is 1. The highest BCUT2D eigenvalue weighted by Gasteiger charge is 2.14. The molecule has 0 aliphatic carbocycles. The van der Waals surface area contributed by atoms with Crippen molar-refractivity contribution in [1.29, 1.82) is 5.26 Å². The fraction of sp³-hybridized carbons (Fsp3) is 0.0769. The maximum atomic E-state index is 13.6. The highest BCUT2D eigenvalue weighted by Crippen LogP contribution is 2.22. The van der Waals surface area contributed by atoms with Crippen molar-refractivity contribution in [3.8, 4) is 6.07 Å². The van der Waals surface area contributed by atoms with E-state index < -0.39 is 11.7 Å². The standard InChI is InChI=1S/C13H8BrFN2O2/c1-7-9(15)4-8(6-16)5-10(7)17-13(18)11-2-3-12(14)19-11/h2-5H,1H3,(H,17,18).